The van der Waals surface area contributed by atoms with Gasteiger partial charge in [0, 0.05) is 0 Å². The molecule has 0 fully saturated rings. The first-order valence-corrected chi connectivity index (χ1v) is 8.48. The summed E-state index contributed by atoms with van der Waals surface area (Å²) in [5, 5.41) is 10.5. The van der Waals surface area contributed by atoms with E-state index in [9.17, 15) is 4.79 Å². The Morgan fingerprint density at radius 3 is 2.08 bits per heavy atom. The molecule has 1 amide bonds. The van der Waals surface area contributed by atoms with Crippen molar-refractivity contribution in [2.45, 2.75) is 47.1 Å². The lowest BCUT2D eigenvalue weighted by molar-refractivity contribution is 0.0589. The lowest BCUT2D eigenvalue weighted by atomic mass is 10.1. The average molecular weight is 351 g/mol. The predicted molar refractivity (Wildman–Crippen MR) is 104 cm³/mol. The number of hydrazine groups is 1. The van der Waals surface area contributed by atoms with E-state index in [0.29, 0.717) is 11.3 Å². The van der Waals surface area contributed by atoms with Crippen LogP contribution in [0.2, 0.25) is 0 Å². The first kappa shape index (κ1) is 19.3. The molecule has 1 N–H and O–H groups in total. The normalized spacial score (nSPS) is 10.8. The number of carbonyl (C=O) groups is 1. The fourth-order valence-corrected chi connectivity index (χ4v) is 2.53. The summed E-state index contributed by atoms with van der Waals surface area (Å²) in [6, 6.07) is 13.3. The first-order chi connectivity index (χ1) is 12.1. The molecule has 0 aliphatic carbocycles. The molecular formula is C21H25N3O2. The topological polar surface area (TPSA) is 65.4 Å². The minimum Gasteiger partial charge on any atom is -0.442 e. The molecule has 0 aliphatic heterocycles. The SMILES string of the molecule is Cc1ccc(N(Nc2c(C)cc(C#N)cc2C)C(=O)OC(C)(C)C)cc1. The molecule has 0 spiro atoms. The third kappa shape index (κ3) is 4.76. The standard InChI is InChI=1S/C21H25N3O2/c1-14-7-9-18(10-8-14)24(20(25)26-21(4,5)6)23-19-15(2)11-17(13-22)12-16(19)3/h7-12,23H,1-6H3. The smallest absolute Gasteiger partial charge is 0.433 e. The van der Waals surface area contributed by atoms with Gasteiger partial charge in [-0.15, -0.1) is 0 Å². The van der Waals surface area contributed by atoms with Gasteiger partial charge < -0.3 is 4.74 Å². The number of amides is 1. The van der Waals surface area contributed by atoms with Crippen molar-refractivity contribution in [3.8, 4) is 6.07 Å². The predicted octanol–water partition coefficient (Wildman–Crippen LogP) is 5.25. The van der Waals surface area contributed by atoms with Gasteiger partial charge >= 0.3 is 6.09 Å². The van der Waals surface area contributed by atoms with Gasteiger partial charge in [-0.3, -0.25) is 5.43 Å². The third-order valence-corrected chi connectivity index (χ3v) is 3.75. The molecule has 0 heterocycles. The fraction of sp³-hybridized carbons (Fsp3) is 0.333. The Morgan fingerprint density at radius 2 is 1.62 bits per heavy atom. The molecule has 0 atom stereocenters. The van der Waals surface area contributed by atoms with Crippen LogP contribution in [0.15, 0.2) is 36.4 Å². The Labute approximate surface area is 155 Å². The molecule has 0 bridgehead atoms. The van der Waals surface area contributed by atoms with Crippen LogP contribution >= 0.6 is 0 Å². The van der Waals surface area contributed by atoms with Crippen LogP contribution in [-0.2, 0) is 4.74 Å². The second-order valence-electron chi connectivity index (χ2n) is 7.36. The van der Waals surface area contributed by atoms with E-state index in [1.807, 2.05) is 65.8 Å². The van der Waals surface area contributed by atoms with E-state index in [1.54, 1.807) is 12.1 Å². The molecule has 2 aromatic carbocycles. The molecule has 2 rings (SSSR count). The van der Waals surface area contributed by atoms with Crippen LogP contribution in [-0.4, -0.2) is 11.7 Å². The molecule has 5 heteroatoms. The zero-order valence-corrected chi connectivity index (χ0v) is 16.2. The van der Waals surface area contributed by atoms with Crippen molar-refractivity contribution < 1.29 is 9.53 Å². The number of hydrogen-bond acceptors (Lipinski definition) is 4. The number of anilines is 2. The highest BCUT2D eigenvalue weighted by Gasteiger charge is 2.24. The molecule has 0 saturated heterocycles. The van der Waals surface area contributed by atoms with Gasteiger partial charge in [0.2, 0.25) is 0 Å². The quantitative estimate of drug-likeness (QED) is 0.767. The number of ether oxygens (including phenoxy) is 1. The van der Waals surface area contributed by atoms with Crippen molar-refractivity contribution in [3.63, 3.8) is 0 Å². The molecule has 26 heavy (non-hydrogen) atoms. The van der Waals surface area contributed by atoms with Crippen LogP contribution in [0.25, 0.3) is 0 Å². The van der Waals surface area contributed by atoms with Crippen LogP contribution in [0, 0.1) is 32.1 Å². The molecule has 0 radical (unpaired) electrons. The van der Waals surface area contributed by atoms with Gasteiger partial charge in [-0.2, -0.15) is 10.3 Å². The van der Waals surface area contributed by atoms with Gasteiger partial charge in [-0.1, -0.05) is 17.7 Å². The van der Waals surface area contributed by atoms with Gasteiger partial charge in [-0.25, -0.2) is 4.79 Å². The van der Waals surface area contributed by atoms with Crippen molar-refractivity contribution in [1.82, 2.24) is 0 Å². The number of carbonyl (C=O) groups excluding carboxylic acids is 1. The average Bonchev–Trinajstić information content (AvgIpc) is 2.53. The number of hydrogen-bond donors (Lipinski definition) is 1. The minimum absolute atomic E-state index is 0.496. The minimum atomic E-state index is -0.615. The van der Waals surface area contributed by atoms with Crippen molar-refractivity contribution in [1.29, 1.82) is 5.26 Å². The molecule has 2 aromatic rings. The number of aryl methyl sites for hydroxylation is 3. The summed E-state index contributed by atoms with van der Waals surface area (Å²) in [5.41, 5.74) is 7.45. The Kier molecular flexibility index (Phi) is 5.56. The van der Waals surface area contributed by atoms with Gasteiger partial charge in [0.05, 0.1) is 23.0 Å². The monoisotopic (exact) mass is 351 g/mol. The molecule has 5 nitrogen and oxygen atoms in total. The molecule has 0 aromatic heterocycles. The number of nitrogens with zero attached hydrogens (tertiary/aromatic N) is 2. The van der Waals surface area contributed by atoms with Crippen LogP contribution in [0.4, 0.5) is 16.2 Å². The number of rotatable bonds is 3. The van der Waals surface area contributed by atoms with Crippen molar-refractivity contribution >= 4 is 17.5 Å². The second-order valence-corrected chi connectivity index (χ2v) is 7.36. The summed E-state index contributed by atoms with van der Waals surface area (Å²) in [6.45, 7) is 11.3. The van der Waals surface area contributed by atoms with Crippen LogP contribution < -0.4 is 10.4 Å². The first-order valence-electron chi connectivity index (χ1n) is 8.48. The van der Waals surface area contributed by atoms with Crippen LogP contribution in [0.5, 0.6) is 0 Å². The lowest BCUT2D eigenvalue weighted by Gasteiger charge is -2.29. The summed E-state index contributed by atoms with van der Waals surface area (Å²) in [4.78, 5) is 12.8. The van der Waals surface area contributed by atoms with E-state index in [1.165, 1.54) is 5.01 Å². The molecule has 0 aliphatic rings. The summed E-state index contributed by atoms with van der Waals surface area (Å²) in [6.07, 6.45) is -0.496. The van der Waals surface area contributed by atoms with Crippen LogP contribution in [0.3, 0.4) is 0 Å². The number of benzene rings is 2. The molecule has 0 saturated carbocycles. The zero-order valence-electron chi connectivity index (χ0n) is 16.2. The van der Waals surface area contributed by atoms with E-state index in [4.69, 9.17) is 10.00 Å². The van der Waals surface area contributed by atoms with Gasteiger partial charge in [0.25, 0.3) is 0 Å². The molecular weight excluding hydrogens is 326 g/mol. The largest absolute Gasteiger partial charge is 0.442 e. The van der Waals surface area contributed by atoms with Gasteiger partial charge in [-0.05, 0) is 76.9 Å². The van der Waals surface area contributed by atoms with Crippen molar-refractivity contribution in [2.75, 3.05) is 10.4 Å². The number of nitrogens with one attached hydrogen (secondary N) is 1. The Hall–Kier alpha value is -3.00. The third-order valence-electron chi connectivity index (χ3n) is 3.75. The Balaban J connectivity index is 2.43. The Bertz CT molecular complexity index is 820. The van der Waals surface area contributed by atoms with E-state index >= 15 is 0 Å². The Morgan fingerprint density at radius 1 is 1.08 bits per heavy atom. The van der Waals surface area contributed by atoms with Crippen molar-refractivity contribution in [3.05, 3.63) is 58.7 Å². The van der Waals surface area contributed by atoms with Crippen LogP contribution in [0.1, 0.15) is 43.0 Å². The highest BCUT2D eigenvalue weighted by atomic mass is 16.6. The fourth-order valence-electron chi connectivity index (χ4n) is 2.53. The van der Waals surface area contributed by atoms with Gasteiger partial charge in [0.15, 0.2) is 0 Å². The summed E-state index contributed by atoms with van der Waals surface area (Å²) in [5.74, 6) is 0. The zero-order chi connectivity index (χ0) is 19.5. The highest BCUT2D eigenvalue weighted by molar-refractivity contribution is 5.90. The van der Waals surface area contributed by atoms with E-state index in [0.717, 1.165) is 22.4 Å². The lowest BCUT2D eigenvalue weighted by Crippen LogP contribution is -2.41. The summed E-state index contributed by atoms with van der Waals surface area (Å²) >= 11 is 0. The van der Waals surface area contributed by atoms with E-state index in [-0.39, 0.29) is 0 Å². The summed E-state index contributed by atoms with van der Waals surface area (Å²) < 4.78 is 5.55. The maximum Gasteiger partial charge on any atom is 0.433 e. The van der Waals surface area contributed by atoms with Gasteiger partial charge in [0.1, 0.15) is 5.60 Å². The maximum atomic E-state index is 12.8. The summed E-state index contributed by atoms with van der Waals surface area (Å²) in [7, 11) is 0. The highest BCUT2D eigenvalue weighted by Crippen LogP contribution is 2.26. The van der Waals surface area contributed by atoms with E-state index in [2.05, 4.69) is 11.5 Å². The second kappa shape index (κ2) is 7.49. The van der Waals surface area contributed by atoms with Crippen molar-refractivity contribution in [2.24, 2.45) is 0 Å². The number of nitriles is 1. The maximum absolute atomic E-state index is 12.8. The molecule has 136 valence electrons. The molecule has 0 unspecified atom stereocenters. The van der Waals surface area contributed by atoms with E-state index < -0.39 is 11.7 Å².